The first kappa shape index (κ1) is 21.4. The molecule has 1 amide bonds. The fourth-order valence-corrected chi connectivity index (χ4v) is 3.80. The standard InChI is InChI=1S/C23H33N3O3/c1-17-8-4-6-14-26(17)15-7-5-13-24-23(27)20-9-11-21(12-10-20)28-16-22-18(2)25-29-19(22)3/h9-12,17H,4-8,13-16H2,1-3H3,(H,24,27). The summed E-state index contributed by atoms with van der Waals surface area (Å²) < 4.78 is 10.9. The number of benzene rings is 1. The van der Waals surface area contributed by atoms with Crippen molar-refractivity contribution >= 4 is 5.91 Å². The van der Waals surface area contributed by atoms with Crippen LogP contribution in [-0.4, -0.2) is 41.6 Å². The van der Waals surface area contributed by atoms with Gasteiger partial charge in [0.15, 0.2) is 0 Å². The Hall–Kier alpha value is -2.34. The number of carbonyl (C=O) groups excluding carboxylic acids is 1. The van der Waals surface area contributed by atoms with E-state index in [1.165, 1.54) is 25.8 Å². The maximum absolute atomic E-state index is 12.3. The van der Waals surface area contributed by atoms with Crippen molar-refractivity contribution in [2.45, 2.75) is 65.5 Å². The highest BCUT2D eigenvalue weighted by Crippen LogP contribution is 2.18. The lowest BCUT2D eigenvalue weighted by molar-refractivity contribution is 0.0951. The number of aromatic nitrogens is 1. The van der Waals surface area contributed by atoms with Crippen molar-refractivity contribution in [3.63, 3.8) is 0 Å². The Morgan fingerprint density at radius 1 is 1.24 bits per heavy atom. The van der Waals surface area contributed by atoms with Crippen molar-refractivity contribution in [3.05, 3.63) is 46.8 Å². The molecule has 1 aliphatic heterocycles. The van der Waals surface area contributed by atoms with Crippen LogP contribution in [0, 0.1) is 13.8 Å². The Bertz CT molecular complexity index is 766. The van der Waals surface area contributed by atoms with Gasteiger partial charge in [0.1, 0.15) is 18.1 Å². The van der Waals surface area contributed by atoms with Crippen molar-refractivity contribution in [3.8, 4) is 5.75 Å². The Labute approximate surface area is 173 Å². The molecular weight excluding hydrogens is 366 g/mol. The van der Waals surface area contributed by atoms with E-state index >= 15 is 0 Å². The first-order valence-electron chi connectivity index (χ1n) is 10.7. The van der Waals surface area contributed by atoms with Crippen LogP contribution in [0.1, 0.15) is 66.4 Å². The molecule has 1 saturated heterocycles. The summed E-state index contributed by atoms with van der Waals surface area (Å²) in [4.78, 5) is 14.9. The number of rotatable bonds is 9. The highest BCUT2D eigenvalue weighted by molar-refractivity contribution is 5.94. The number of unbranched alkanes of at least 4 members (excludes halogenated alkanes) is 1. The molecular formula is C23H33N3O3. The van der Waals surface area contributed by atoms with Crippen LogP contribution in [0.5, 0.6) is 5.75 Å². The summed E-state index contributed by atoms with van der Waals surface area (Å²) >= 11 is 0. The number of piperidine rings is 1. The van der Waals surface area contributed by atoms with Crippen LogP contribution in [0.15, 0.2) is 28.8 Å². The van der Waals surface area contributed by atoms with Crippen molar-refractivity contribution in [1.82, 2.24) is 15.4 Å². The van der Waals surface area contributed by atoms with Gasteiger partial charge in [-0.1, -0.05) is 11.6 Å². The fraction of sp³-hybridized carbons (Fsp3) is 0.565. The van der Waals surface area contributed by atoms with Gasteiger partial charge in [0.2, 0.25) is 0 Å². The molecule has 1 aliphatic rings. The van der Waals surface area contributed by atoms with Crippen molar-refractivity contribution < 1.29 is 14.1 Å². The van der Waals surface area contributed by atoms with E-state index in [1.807, 2.05) is 26.0 Å². The molecule has 29 heavy (non-hydrogen) atoms. The summed E-state index contributed by atoms with van der Waals surface area (Å²) in [5.41, 5.74) is 2.46. The quantitative estimate of drug-likeness (QED) is 0.638. The van der Waals surface area contributed by atoms with Crippen LogP contribution in [0.4, 0.5) is 0 Å². The lowest BCUT2D eigenvalue weighted by Gasteiger charge is -2.33. The average molecular weight is 400 g/mol. The van der Waals surface area contributed by atoms with Gasteiger partial charge in [-0.05, 0) is 83.8 Å². The molecule has 0 spiro atoms. The molecule has 0 aliphatic carbocycles. The van der Waals surface area contributed by atoms with Gasteiger partial charge in [-0.2, -0.15) is 0 Å². The van der Waals surface area contributed by atoms with Gasteiger partial charge in [0.25, 0.3) is 5.91 Å². The normalized spacial score (nSPS) is 17.3. The average Bonchev–Trinajstić information content (AvgIpc) is 3.05. The summed E-state index contributed by atoms with van der Waals surface area (Å²) in [6.07, 6.45) is 6.12. The molecule has 0 saturated carbocycles. The van der Waals surface area contributed by atoms with E-state index in [4.69, 9.17) is 9.26 Å². The van der Waals surface area contributed by atoms with Crippen LogP contribution in [0.25, 0.3) is 0 Å². The summed E-state index contributed by atoms with van der Waals surface area (Å²) in [5, 5.41) is 6.94. The van der Waals surface area contributed by atoms with Gasteiger partial charge < -0.3 is 19.5 Å². The first-order chi connectivity index (χ1) is 14.0. The molecule has 0 bridgehead atoms. The van der Waals surface area contributed by atoms with Crippen LogP contribution < -0.4 is 10.1 Å². The molecule has 6 nitrogen and oxygen atoms in total. The molecule has 1 N–H and O–H groups in total. The van der Waals surface area contributed by atoms with Crippen molar-refractivity contribution in [2.24, 2.45) is 0 Å². The van der Waals surface area contributed by atoms with Crippen LogP contribution in [0.3, 0.4) is 0 Å². The van der Waals surface area contributed by atoms with E-state index in [9.17, 15) is 4.79 Å². The number of hydrogen-bond donors (Lipinski definition) is 1. The third kappa shape index (κ3) is 6.07. The monoisotopic (exact) mass is 399 g/mol. The van der Waals surface area contributed by atoms with E-state index in [0.717, 1.165) is 42.2 Å². The molecule has 1 fully saturated rings. The highest BCUT2D eigenvalue weighted by atomic mass is 16.5. The number of nitrogens with zero attached hydrogens (tertiary/aromatic N) is 2. The van der Waals surface area contributed by atoms with Crippen LogP contribution in [0.2, 0.25) is 0 Å². The van der Waals surface area contributed by atoms with E-state index < -0.39 is 0 Å². The van der Waals surface area contributed by atoms with E-state index in [1.54, 1.807) is 12.1 Å². The SMILES string of the molecule is Cc1noc(C)c1COc1ccc(C(=O)NCCCCN2CCCCC2C)cc1. The fourth-order valence-electron chi connectivity index (χ4n) is 3.80. The second-order valence-electron chi connectivity index (χ2n) is 7.96. The molecule has 3 rings (SSSR count). The van der Waals surface area contributed by atoms with Crippen LogP contribution in [-0.2, 0) is 6.61 Å². The van der Waals surface area contributed by atoms with Gasteiger partial charge in [-0.15, -0.1) is 0 Å². The Balaban J connectivity index is 1.36. The Morgan fingerprint density at radius 3 is 2.72 bits per heavy atom. The van der Waals surface area contributed by atoms with Gasteiger partial charge in [0, 0.05) is 18.2 Å². The Morgan fingerprint density at radius 2 is 2.03 bits per heavy atom. The molecule has 0 radical (unpaired) electrons. The number of likely N-dealkylation sites (tertiary alicyclic amines) is 1. The number of nitrogens with one attached hydrogen (secondary N) is 1. The smallest absolute Gasteiger partial charge is 0.251 e. The number of carbonyl (C=O) groups is 1. The van der Waals surface area contributed by atoms with Gasteiger partial charge in [0.05, 0.1) is 11.3 Å². The number of aryl methyl sites for hydroxylation is 2. The number of hydrogen-bond acceptors (Lipinski definition) is 5. The Kier molecular flexibility index (Phi) is 7.69. The minimum atomic E-state index is -0.0337. The van der Waals surface area contributed by atoms with Crippen molar-refractivity contribution in [1.29, 1.82) is 0 Å². The molecule has 2 aromatic rings. The highest BCUT2D eigenvalue weighted by Gasteiger charge is 2.17. The maximum atomic E-state index is 12.3. The van der Waals surface area contributed by atoms with Gasteiger partial charge >= 0.3 is 0 Å². The van der Waals surface area contributed by atoms with Crippen LogP contribution >= 0.6 is 0 Å². The summed E-state index contributed by atoms with van der Waals surface area (Å²) in [6.45, 7) is 9.57. The zero-order chi connectivity index (χ0) is 20.6. The largest absolute Gasteiger partial charge is 0.489 e. The maximum Gasteiger partial charge on any atom is 0.251 e. The summed E-state index contributed by atoms with van der Waals surface area (Å²) in [7, 11) is 0. The minimum Gasteiger partial charge on any atom is -0.489 e. The topological polar surface area (TPSA) is 67.6 Å². The summed E-state index contributed by atoms with van der Waals surface area (Å²) in [6, 6.07) is 7.95. The van der Waals surface area contributed by atoms with Gasteiger partial charge in [-0.3, -0.25) is 4.79 Å². The number of ether oxygens (including phenoxy) is 1. The predicted octanol–water partition coefficient (Wildman–Crippen LogP) is 4.25. The number of amides is 1. The molecule has 1 aromatic carbocycles. The molecule has 6 heteroatoms. The molecule has 1 unspecified atom stereocenters. The second-order valence-corrected chi connectivity index (χ2v) is 7.96. The third-order valence-electron chi connectivity index (χ3n) is 5.78. The predicted molar refractivity (Wildman–Crippen MR) is 113 cm³/mol. The first-order valence-corrected chi connectivity index (χ1v) is 10.7. The molecule has 1 aromatic heterocycles. The zero-order valence-electron chi connectivity index (χ0n) is 17.9. The lowest BCUT2D eigenvalue weighted by Crippen LogP contribution is -2.38. The van der Waals surface area contributed by atoms with Crippen molar-refractivity contribution in [2.75, 3.05) is 19.6 Å². The van der Waals surface area contributed by atoms with Gasteiger partial charge in [-0.25, -0.2) is 0 Å². The molecule has 158 valence electrons. The van der Waals surface area contributed by atoms with E-state index in [0.29, 0.717) is 24.8 Å². The third-order valence-corrected chi connectivity index (χ3v) is 5.78. The molecule has 1 atom stereocenters. The van der Waals surface area contributed by atoms with E-state index in [-0.39, 0.29) is 5.91 Å². The zero-order valence-corrected chi connectivity index (χ0v) is 17.9. The molecule has 2 heterocycles. The minimum absolute atomic E-state index is 0.0337. The van der Waals surface area contributed by atoms with E-state index in [2.05, 4.69) is 22.3 Å². The lowest BCUT2D eigenvalue weighted by atomic mass is 10.0. The second kappa shape index (κ2) is 10.4. The summed E-state index contributed by atoms with van der Waals surface area (Å²) in [5.74, 6) is 1.46.